The van der Waals surface area contributed by atoms with E-state index in [9.17, 15) is 4.79 Å². The lowest BCUT2D eigenvalue weighted by Gasteiger charge is -2.02. The van der Waals surface area contributed by atoms with Crippen LogP contribution in [0.5, 0.6) is 0 Å². The summed E-state index contributed by atoms with van der Waals surface area (Å²) in [6.07, 6.45) is 14.0. The van der Waals surface area contributed by atoms with Gasteiger partial charge in [-0.05, 0) is 54.0 Å². The van der Waals surface area contributed by atoms with Crippen LogP contribution in [0.4, 0.5) is 0 Å². The summed E-state index contributed by atoms with van der Waals surface area (Å²) in [5.74, 6) is -0.660. The standard InChI is InChI=1S/C17H27IO2S/c18-16-14-13-15(21-16)11-9-7-5-3-1-2-4-6-8-10-12-17(19)20/h13-14H,1-12H2,(H,19,20)/i18-2. The van der Waals surface area contributed by atoms with Crippen molar-refractivity contribution in [2.75, 3.05) is 0 Å². The molecule has 1 aromatic rings. The number of thiophene rings is 1. The zero-order chi connectivity index (χ0) is 15.3. The number of carboxylic acids is 1. The van der Waals surface area contributed by atoms with Crippen LogP contribution in [0.3, 0.4) is 0 Å². The molecular formula is C17H27IO2S. The third-order valence-electron chi connectivity index (χ3n) is 3.69. The molecule has 0 spiro atoms. The first-order valence-electron chi connectivity index (χ1n) is 8.14. The molecule has 0 atom stereocenters. The van der Waals surface area contributed by atoms with Crippen molar-refractivity contribution in [2.24, 2.45) is 0 Å². The molecule has 0 radical (unpaired) electrons. The van der Waals surface area contributed by atoms with Gasteiger partial charge < -0.3 is 5.11 Å². The number of halogens is 1. The van der Waals surface area contributed by atoms with E-state index >= 15 is 0 Å². The topological polar surface area (TPSA) is 37.3 Å². The quantitative estimate of drug-likeness (QED) is 0.302. The third kappa shape index (κ3) is 11.2. The monoisotopic (exact) mass is 420 g/mol. The van der Waals surface area contributed by atoms with Crippen molar-refractivity contribution in [1.82, 2.24) is 0 Å². The Hall–Kier alpha value is -0.100. The van der Waals surface area contributed by atoms with E-state index < -0.39 is 5.97 Å². The Balaban J connectivity index is 1.77. The first kappa shape index (κ1) is 18.9. The summed E-state index contributed by atoms with van der Waals surface area (Å²) in [6, 6.07) is 4.47. The van der Waals surface area contributed by atoms with Crippen LogP contribution in [0.15, 0.2) is 12.1 Å². The van der Waals surface area contributed by atoms with Gasteiger partial charge >= 0.3 is 5.97 Å². The molecule has 0 bridgehead atoms. The number of hydrogen-bond donors (Lipinski definition) is 1. The lowest BCUT2D eigenvalue weighted by molar-refractivity contribution is -0.137. The van der Waals surface area contributed by atoms with Crippen molar-refractivity contribution < 1.29 is 9.90 Å². The van der Waals surface area contributed by atoms with Gasteiger partial charge in [0.15, 0.2) is 0 Å². The average molecular weight is 420 g/mol. The number of carbonyl (C=O) groups is 1. The minimum absolute atomic E-state index is 0.337. The fourth-order valence-electron chi connectivity index (χ4n) is 2.48. The normalized spacial score (nSPS) is 10.9. The van der Waals surface area contributed by atoms with Crippen molar-refractivity contribution >= 4 is 39.9 Å². The van der Waals surface area contributed by atoms with Crippen molar-refractivity contribution in [3.05, 3.63) is 19.9 Å². The van der Waals surface area contributed by atoms with Crippen molar-refractivity contribution in [3.63, 3.8) is 0 Å². The lowest BCUT2D eigenvalue weighted by Crippen LogP contribution is -1.93. The van der Waals surface area contributed by atoms with E-state index in [1.54, 1.807) is 0 Å². The SMILES string of the molecule is O=C(O)CCCCCCCCCCCCc1ccc([125I])s1. The molecule has 0 aliphatic heterocycles. The minimum Gasteiger partial charge on any atom is -0.481 e. The highest BCUT2D eigenvalue weighted by molar-refractivity contribution is 14.1. The van der Waals surface area contributed by atoms with E-state index in [2.05, 4.69) is 34.7 Å². The number of hydrogen-bond acceptors (Lipinski definition) is 2. The molecule has 0 aromatic carbocycles. The molecule has 0 aliphatic rings. The van der Waals surface area contributed by atoms with Crippen LogP contribution in [0.25, 0.3) is 0 Å². The fourth-order valence-corrected chi connectivity index (χ4v) is 4.27. The predicted molar refractivity (Wildman–Crippen MR) is 99.2 cm³/mol. The predicted octanol–water partition coefficient (Wildman–Crippen LogP) is 6.27. The maximum atomic E-state index is 10.4. The van der Waals surface area contributed by atoms with Gasteiger partial charge in [0.2, 0.25) is 0 Å². The Labute approximate surface area is 146 Å². The number of carboxylic acid groups (broad SMARTS) is 1. The fraction of sp³-hybridized carbons (Fsp3) is 0.706. The smallest absolute Gasteiger partial charge is 0.303 e. The Morgan fingerprint density at radius 1 is 0.905 bits per heavy atom. The molecule has 0 saturated carbocycles. The van der Waals surface area contributed by atoms with E-state index in [1.165, 1.54) is 65.5 Å². The molecule has 2 nitrogen and oxygen atoms in total. The average Bonchev–Trinajstić information content (AvgIpc) is 2.85. The molecule has 1 aromatic heterocycles. The largest absolute Gasteiger partial charge is 0.481 e. The molecule has 1 heterocycles. The Morgan fingerprint density at radius 3 is 1.90 bits per heavy atom. The Bertz CT molecular complexity index is 390. The third-order valence-corrected chi connectivity index (χ3v) is 5.65. The maximum absolute atomic E-state index is 10.4. The summed E-state index contributed by atoms with van der Waals surface area (Å²) in [5, 5.41) is 8.53. The zero-order valence-electron chi connectivity index (χ0n) is 12.8. The van der Waals surface area contributed by atoms with Gasteiger partial charge in [-0.25, -0.2) is 0 Å². The number of unbranched alkanes of at least 4 members (excludes halogenated alkanes) is 9. The molecular weight excluding hydrogens is 393 g/mol. The minimum atomic E-state index is -0.660. The Kier molecular flexibility index (Phi) is 11.2. The number of rotatable bonds is 13. The van der Waals surface area contributed by atoms with Gasteiger partial charge in [-0.2, -0.15) is 0 Å². The van der Waals surface area contributed by atoms with E-state index in [4.69, 9.17) is 5.11 Å². The molecule has 0 saturated heterocycles. The molecule has 4 heteroatoms. The van der Waals surface area contributed by atoms with Crippen LogP contribution in [-0.4, -0.2) is 11.1 Å². The molecule has 1 rings (SSSR count). The molecule has 1 N–H and O–H groups in total. The number of aliphatic carboxylic acids is 1. The highest BCUT2D eigenvalue weighted by Gasteiger charge is 1.98. The van der Waals surface area contributed by atoms with E-state index in [1.807, 2.05) is 11.3 Å². The van der Waals surface area contributed by atoms with Gasteiger partial charge in [-0.15, -0.1) is 11.3 Å². The molecule has 120 valence electrons. The highest BCUT2D eigenvalue weighted by Crippen LogP contribution is 2.20. The van der Waals surface area contributed by atoms with Crippen LogP contribution in [0.1, 0.15) is 75.5 Å². The zero-order valence-corrected chi connectivity index (χ0v) is 15.8. The lowest BCUT2D eigenvalue weighted by atomic mass is 10.0. The van der Waals surface area contributed by atoms with Gasteiger partial charge in [0, 0.05) is 11.3 Å². The summed E-state index contributed by atoms with van der Waals surface area (Å²) in [6.45, 7) is 0. The van der Waals surface area contributed by atoms with Gasteiger partial charge in [0.1, 0.15) is 0 Å². The van der Waals surface area contributed by atoms with E-state index in [-0.39, 0.29) is 0 Å². The van der Waals surface area contributed by atoms with Gasteiger partial charge in [0.25, 0.3) is 0 Å². The van der Waals surface area contributed by atoms with Crippen LogP contribution >= 0.6 is 33.9 Å². The summed E-state index contributed by atoms with van der Waals surface area (Å²) in [5.41, 5.74) is 0. The highest BCUT2D eigenvalue weighted by atomic mass is 125. The number of aryl methyl sites for hydroxylation is 1. The summed E-state index contributed by atoms with van der Waals surface area (Å²) >= 11 is 4.31. The summed E-state index contributed by atoms with van der Waals surface area (Å²) in [4.78, 5) is 11.9. The summed E-state index contributed by atoms with van der Waals surface area (Å²) < 4.78 is 1.39. The second-order valence-corrected chi connectivity index (χ2v) is 8.70. The van der Waals surface area contributed by atoms with Crippen LogP contribution in [-0.2, 0) is 11.2 Å². The summed E-state index contributed by atoms with van der Waals surface area (Å²) in [7, 11) is 0. The molecule has 0 aliphatic carbocycles. The van der Waals surface area contributed by atoms with Gasteiger partial charge in [-0.3, -0.25) is 4.79 Å². The molecule has 0 amide bonds. The first-order valence-corrected chi connectivity index (χ1v) is 10.0. The first-order chi connectivity index (χ1) is 10.2. The van der Waals surface area contributed by atoms with Crippen LogP contribution in [0.2, 0.25) is 0 Å². The second-order valence-electron chi connectivity index (χ2n) is 5.64. The second kappa shape index (κ2) is 12.4. The van der Waals surface area contributed by atoms with E-state index in [0.717, 1.165) is 12.8 Å². The van der Waals surface area contributed by atoms with Gasteiger partial charge in [-0.1, -0.05) is 51.4 Å². The van der Waals surface area contributed by atoms with Crippen molar-refractivity contribution in [2.45, 2.75) is 77.0 Å². The van der Waals surface area contributed by atoms with E-state index in [0.29, 0.717) is 6.42 Å². The Morgan fingerprint density at radius 2 is 1.43 bits per heavy atom. The maximum Gasteiger partial charge on any atom is 0.303 e. The molecule has 0 unspecified atom stereocenters. The van der Waals surface area contributed by atoms with Crippen molar-refractivity contribution in [3.8, 4) is 0 Å². The van der Waals surface area contributed by atoms with Crippen LogP contribution < -0.4 is 0 Å². The van der Waals surface area contributed by atoms with Gasteiger partial charge in [0.05, 0.1) is 2.88 Å². The molecule has 21 heavy (non-hydrogen) atoms. The van der Waals surface area contributed by atoms with Crippen molar-refractivity contribution in [1.29, 1.82) is 0 Å². The van der Waals surface area contributed by atoms with Crippen LogP contribution in [0, 0.1) is 2.88 Å². The molecule has 0 fully saturated rings.